The van der Waals surface area contributed by atoms with Crippen molar-refractivity contribution >= 4 is 38.9 Å². The molecule has 0 saturated carbocycles. The average molecular weight is 457 g/mol. The summed E-state index contributed by atoms with van der Waals surface area (Å²) in [6.07, 6.45) is 0. The van der Waals surface area contributed by atoms with Gasteiger partial charge in [0.1, 0.15) is 10.6 Å². The van der Waals surface area contributed by atoms with Crippen molar-refractivity contribution in [3.63, 3.8) is 0 Å². The second kappa shape index (κ2) is 8.34. The smallest absolute Gasteiger partial charge is 0.246 e. The molecule has 8 heteroatoms. The van der Waals surface area contributed by atoms with Crippen molar-refractivity contribution in [2.24, 2.45) is 0 Å². The Kier molecular flexibility index (Phi) is 6.39. The van der Waals surface area contributed by atoms with Crippen molar-refractivity contribution < 1.29 is 13.2 Å². The topological polar surface area (TPSA) is 49.9 Å². The Morgan fingerprint density at radius 1 is 0.966 bits per heavy atom. The predicted octanol–water partition coefficient (Wildman–Crippen LogP) is 4.81. The molecular formula is C21H26Cl2N2O3S. The van der Waals surface area contributed by atoms with Crippen LogP contribution in [0.5, 0.6) is 5.75 Å². The second-order valence-electron chi connectivity index (χ2n) is 8.10. The van der Waals surface area contributed by atoms with Crippen molar-refractivity contribution in [1.82, 2.24) is 4.31 Å². The van der Waals surface area contributed by atoms with Crippen molar-refractivity contribution in [1.29, 1.82) is 0 Å². The van der Waals surface area contributed by atoms with E-state index in [4.69, 9.17) is 27.9 Å². The number of benzene rings is 2. The highest BCUT2D eigenvalue weighted by Crippen LogP contribution is 2.34. The number of ether oxygens (including phenoxy) is 1. The number of rotatable bonds is 4. The van der Waals surface area contributed by atoms with E-state index >= 15 is 0 Å². The minimum absolute atomic E-state index is 0.168. The van der Waals surface area contributed by atoms with E-state index in [0.29, 0.717) is 42.0 Å². The van der Waals surface area contributed by atoms with Gasteiger partial charge in [-0.2, -0.15) is 4.31 Å². The van der Waals surface area contributed by atoms with Gasteiger partial charge >= 0.3 is 0 Å². The SMILES string of the molecule is COc1ccc(C(C)(C)C)cc1S(=O)(=O)N1CCN(c2cc(Cl)ccc2Cl)CC1. The number of sulfonamides is 1. The van der Waals surface area contributed by atoms with E-state index in [1.54, 1.807) is 24.3 Å². The van der Waals surface area contributed by atoms with Gasteiger partial charge in [0.2, 0.25) is 10.0 Å². The van der Waals surface area contributed by atoms with E-state index in [-0.39, 0.29) is 10.3 Å². The molecule has 5 nitrogen and oxygen atoms in total. The summed E-state index contributed by atoms with van der Waals surface area (Å²) in [5.74, 6) is 0.360. The first-order valence-electron chi connectivity index (χ1n) is 9.42. The highest BCUT2D eigenvalue weighted by atomic mass is 35.5. The van der Waals surface area contributed by atoms with Gasteiger partial charge in [-0.1, -0.05) is 50.0 Å². The van der Waals surface area contributed by atoms with Gasteiger partial charge < -0.3 is 9.64 Å². The number of methoxy groups -OCH3 is 1. The molecule has 1 heterocycles. The van der Waals surface area contributed by atoms with Gasteiger partial charge in [-0.05, 0) is 41.3 Å². The lowest BCUT2D eigenvalue weighted by Crippen LogP contribution is -2.48. The molecule has 0 aliphatic carbocycles. The third kappa shape index (κ3) is 4.66. The minimum atomic E-state index is -3.69. The van der Waals surface area contributed by atoms with Crippen molar-refractivity contribution in [3.8, 4) is 5.75 Å². The number of piperazine rings is 1. The maximum absolute atomic E-state index is 13.4. The van der Waals surface area contributed by atoms with Gasteiger partial charge in [0.05, 0.1) is 17.8 Å². The molecule has 1 saturated heterocycles. The maximum Gasteiger partial charge on any atom is 0.246 e. The van der Waals surface area contributed by atoms with E-state index in [1.165, 1.54) is 11.4 Å². The fourth-order valence-corrected chi connectivity index (χ4v) is 5.39. The Balaban J connectivity index is 1.86. The van der Waals surface area contributed by atoms with Crippen LogP contribution in [0.3, 0.4) is 0 Å². The molecule has 0 atom stereocenters. The van der Waals surface area contributed by atoms with E-state index < -0.39 is 10.0 Å². The second-order valence-corrected chi connectivity index (χ2v) is 10.9. The van der Waals surface area contributed by atoms with Crippen LogP contribution >= 0.6 is 23.2 Å². The Bertz CT molecular complexity index is 995. The largest absolute Gasteiger partial charge is 0.495 e. The molecule has 1 aliphatic rings. The normalized spacial score (nSPS) is 16.1. The Morgan fingerprint density at radius 3 is 2.21 bits per heavy atom. The van der Waals surface area contributed by atoms with Crippen LogP contribution in [0.1, 0.15) is 26.3 Å². The number of halogens is 2. The molecule has 1 aliphatic heterocycles. The molecule has 0 radical (unpaired) electrons. The zero-order valence-corrected chi connectivity index (χ0v) is 19.4. The zero-order valence-electron chi connectivity index (χ0n) is 17.1. The lowest BCUT2D eigenvalue weighted by molar-refractivity contribution is 0.374. The first kappa shape index (κ1) is 22.2. The molecule has 0 aromatic heterocycles. The molecule has 0 bridgehead atoms. The Morgan fingerprint density at radius 2 is 1.62 bits per heavy atom. The third-order valence-electron chi connectivity index (χ3n) is 5.13. The number of nitrogens with zero attached hydrogens (tertiary/aromatic N) is 2. The zero-order chi connectivity index (χ0) is 21.4. The van der Waals surface area contributed by atoms with Gasteiger partial charge in [0, 0.05) is 31.2 Å². The molecule has 0 unspecified atom stereocenters. The fraction of sp³-hybridized carbons (Fsp3) is 0.429. The minimum Gasteiger partial charge on any atom is -0.495 e. The molecule has 0 amide bonds. The van der Waals surface area contributed by atoms with Gasteiger partial charge in [-0.3, -0.25) is 0 Å². The first-order valence-corrected chi connectivity index (χ1v) is 11.6. The van der Waals surface area contributed by atoms with Crippen molar-refractivity contribution in [2.75, 3.05) is 38.2 Å². The summed E-state index contributed by atoms with van der Waals surface area (Å²) >= 11 is 12.4. The number of hydrogen-bond acceptors (Lipinski definition) is 4. The van der Waals surface area contributed by atoms with Crippen LogP contribution in [0.2, 0.25) is 10.0 Å². The van der Waals surface area contributed by atoms with Crippen LogP contribution in [-0.2, 0) is 15.4 Å². The Labute approximate surface area is 183 Å². The summed E-state index contributed by atoms with van der Waals surface area (Å²) in [5.41, 5.74) is 1.60. The Hall–Kier alpha value is -1.47. The third-order valence-corrected chi connectivity index (χ3v) is 7.61. The van der Waals surface area contributed by atoms with Gasteiger partial charge in [-0.15, -0.1) is 0 Å². The summed E-state index contributed by atoms with van der Waals surface area (Å²) in [5, 5.41) is 1.20. The summed E-state index contributed by atoms with van der Waals surface area (Å²) in [6.45, 7) is 7.93. The monoisotopic (exact) mass is 456 g/mol. The van der Waals surface area contributed by atoms with Gasteiger partial charge in [-0.25, -0.2) is 8.42 Å². The highest BCUT2D eigenvalue weighted by Gasteiger charge is 2.32. The molecule has 3 rings (SSSR count). The standard InChI is InChI=1S/C21H26Cl2N2O3S/c1-21(2,3)15-5-8-19(28-4)20(13-15)29(26,27)25-11-9-24(10-12-25)18-14-16(22)6-7-17(18)23/h5-8,13-14H,9-12H2,1-4H3. The van der Waals surface area contributed by atoms with E-state index in [0.717, 1.165) is 11.3 Å². The predicted molar refractivity (Wildman–Crippen MR) is 119 cm³/mol. The van der Waals surface area contributed by atoms with E-state index in [1.807, 2.05) is 12.1 Å². The molecule has 2 aromatic carbocycles. The molecule has 0 spiro atoms. The van der Waals surface area contributed by atoms with Crippen LogP contribution in [-0.4, -0.2) is 46.0 Å². The van der Waals surface area contributed by atoms with Gasteiger partial charge in [0.15, 0.2) is 0 Å². The van der Waals surface area contributed by atoms with Crippen LogP contribution in [0.15, 0.2) is 41.3 Å². The van der Waals surface area contributed by atoms with Crippen LogP contribution in [0.4, 0.5) is 5.69 Å². The first-order chi connectivity index (χ1) is 13.5. The van der Waals surface area contributed by atoms with Crippen LogP contribution in [0.25, 0.3) is 0 Å². The van der Waals surface area contributed by atoms with E-state index in [9.17, 15) is 8.42 Å². The fourth-order valence-electron chi connectivity index (χ4n) is 3.38. The molecule has 158 valence electrons. The average Bonchev–Trinajstić information content (AvgIpc) is 2.68. The molecular weight excluding hydrogens is 431 g/mol. The summed E-state index contributed by atoms with van der Waals surface area (Å²) < 4.78 is 33.6. The number of anilines is 1. The van der Waals surface area contributed by atoms with Gasteiger partial charge in [0.25, 0.3) is 0 Å². The summed E-state index contributed by atoms with van der Waals surface area (Å²) in [6, 6.07) is 10.7. The highest BCUT2D eigenvalue weighted by molar-refractivity contribution is 7.89. The summed E-state index contributed by atoms with van der Waals surface area (Å²) in [7, 11) is -2.20. The summed E-state index contributed by atoms with van der Waals surface area (Å²) in [4.78, 5) is 2.27. The van der Waals surface area contributed by atoms with Crippen LogP contribution < -0.4 is 9.64 Å². The molecule has 29 heavy (non-hydrogen) atoms. The lowest BCUT2D eigenvalue weighted by Gasteiger charge is -2.36. The van der Waals surface area contributed by atoms with Crippen molar-refractivity contribution in [2.45, 2.75) is 31.1 Å². The quantitative estimate of drug-likeness (QED) is 0.661. The van der Waals surface area contributed by atoms with Crippen LogP contribution in [0, 0.1) is 0 Å². The molecule has 2 aromatic rings. The maximum atomic E-state index is 13.4. The molecule has 0 N–H and O–H groups in total. The molecule has 1 fully saturated rings. The number of hydrogen-bond donors (Lipinski definition) is 0. The lowest BCUT2D eigenvalue weighted by atomic mass is 9.87. The van der Waals surface area contributed by atoms with E-state index in [2.05, 4.69) is 25.7 Å². The van der Waals surface area contributed by atoms with Crippen molar-refractivity contribution in [3.05, 3.63) is 52.0 Å².